The third-order valence-corrected chi connectivity index (χ3v) is 7.28. The number of thioether (sulfide) groups is 1. The molecule has 8 nitrogen and oxygen atoms in total. The van der Waals surface area contributed by atoms with Gasteiger partial charge in [0.1, 0.15) is 12.6 Å². The second kappa shape index (κ2) is 13.7. The Balaban J connectivity index is 2.08. The molecule has 0 aromatic carbocycles. The summed E-state index contributed by atoms with van der Waals surface area (Å²) < 4.78 is 5.24. The summed E-state index contributed by atoms with van der Waals surface area (Å²) in [5, 5.41) is 14.3. The molecule has 0 unspecified atom stereocenters. The first-order chi connectivity index (χ1) is 15.0. The number of nitrogens with two attached hydrogens (primary N) is 1. The lowest BCUT2D eigenvalue weighted by Gasteiger charge is -2.27. The van der Waals surface area contributed by atoms with E-state index < -0.39 is 12.0 Å². The number of unbranched alkanes of at least 4 members (excludes halogenated alkanes) is 3. The quantitative estimate of drug-likeness (QED) is 0.296. The molecule has 0 radical (unpaired) electrons. The highest BCUT2D eigenvalue weighted by Gasteiger charge is 2.35. The first kappa shape index (κ1) is 25.6. The highest BCUT2D eigenvalue weighted by atomic mass is 32.2. The number of carboxylic acids is 1. The number of ether oxygens (including phenoxy) is 1. The van der Waals surface area contributed by atoms with Gasteiger partial charge in [-0.2, -0.15) is 0 Å². The van der Waals surface area contributed by atoms with Crippen LogP contribution in [-0.4, -0.2) is 71.3 Å². The minimum Gasteiger partial charge on any atom is -0.480 e. The largest absolute Gasteiger partial charge is 0.480 e. The summed E-state index contributed by atoms with van der Waals surface area (Å²) in [5.41, 5.74) is 5.54. The molecule has 4 N–H and O–H groups in total. The maximum Gasteiger partial charge on any atom is 0.323 e. The van der Waals surface area contributed by atoms with Gasteiger partial charge in [-0.25, -0.2) is 0 Å². The van der Waals surface area contributed by atoms with E-state index in [1.54, 1.807) is 18.7 Å². The van der Waals surface area contributed by atoms with E-state index in [-0.39, 0.29) is 36.3 Å². The van der Waals surface area contributed by atoms with Crippen molar-refractivity contribution >= 4 is 40.9 Å². The average Bonchev–Trinajstić information content (AvgIpc) is 3.21. The van der Waals surface area contributed by atoms with Crippen LogP contribution in [0.15, 0.2) is 17.5 Å². The van der Waals surface area contributed by atoms with E-state index in [1.165, 1.54) is 16.2 Å². The summed E-state index contributed by atoms with van der Waals surface area (Å²) in [5.74, 6) is -1.40. The van der Waals surface area contributed by atoms with Gasteiger partial charge in [0.05, 0.1) is 17.9 Å². The van der Waals surface area contributed by atoms with Crippen molar-refractivity contribution in [3.05, 3.63) is 22.4 Å². The summed E-state index contributed by atoms with van der Waals surface area (Å²) >= 11 is 3.05. The Morgan fingerprint density at radius 3 is 2.77 bits per heavy atom. The number of thiophene rings is 1. The number of nitrogens with zero attached hydrogens (tertiary/aromatic N) is 1. The number of hydrogen-bond acceptors (Lipinski definition) is 8. The van der Waals surface area contributed by atoms with Gasteiger partial charge in [0, 0.05) is 17.2 Å². The van der Waals surface area contributed by atoms with Crippen molar-refractivity contribution in [3.63, 3.8) is 0 Å². The lowest BCUT2D eigenvalue weighted by atomic mass is 10.1. The number of carboxylic acid groups (broad SMARTS) is 1. The molecule has 1 saturated heterocycles. The second-order valence-corrected chi connectivity index (χ2v) is 9.68. The van der Waals surface area contributed by atoms with Crippen molar-refractivity contribution in [1.82, 2.24) is 10.2 Å². The topological polar surface area (TPSA) is 122 Å². The van der Waals surface area contributed by atoms with Crippen molar-refractivity contribution in [2.75, 3.05) is 32.0 Å². The average molecular weight is 472 g/mol. The number of hydrogen-bond donors (Lipinski definition) is 3. The molecule has 1 fully saturated rings. The molecule has 2 rings (SSSR count). The lowest BCUT2D eigenvalue weighted by Crippen LogP contribution is -2.49. The van der Waals surface area contributed by atoms with Crippen LogP contribution >= 0.6 is 23.1 Å². The van der Waals surface area contributed by atoms with Gasteiger partial charge in [-0.05, 0) is 37.8 Å². The molecular weight excluding hydrogens is 438 g/mol. The molecule has 1 amide bonds. The SMILES string of the molecule is CCOC(=O)[C@H](CCCCCCN)N[C@@H]1CN(CC(=O)O)C(=O)[C@@H](c2cccs2)CS1. The van der Waals surface area contributed by atoms with Crippen molar-refractivity contribution in [2.24, 2.45) is 5.73 Å². The van der Waals surface area contributed by atoms with Gasteiger partial charge in [0.2, 0.25) is 5.91 Å². The molecule has 2 heterocycles. The van der Waals surface area contributed by atoms with Gasteiger partial charge >= 0.3 is 11.9 Å². The van der Waals surface area contributed by atoms with Gasteiger partial charge < -0.3 is 20.5 Å². The van der Waals surface area contributed by atoms with E-state index in [2.05, 4.69) is 5.32 Å². The molecule has 0 bridgehead atoms. The normalized spacial score (nSPS) is 20.3. The monoisotopic (exact) mass is 471 g/mol. The van der Waals surface area contributed by atoms with Gasteiger partial charge in [-0.1, -0.05) is 25.3 Å². The van der Waals surface area contributed by atoms with Gasteiger partial charge in [0.25, 0.3) is 0 Å². The zero-order valence-corrected chi connectivity index (χ0v) is 19.6. The van der Waals surface area contributed by atoms with Gasteiger partial charge in [-0.3, -0.25) is 19.7 Å². The zero-order chi connectivity index (χ0) is 22.6. The van der Waals surface area contributed by atoms with Crippen LogP contribution in [0.4, 0.5) is 0 Å². The third kappa shape index (κ3) is 8.44. The molecule has 174 valence electrons. The van der Waals surface area contributed by atoms with E-state index in [4.69, 9.17) is 10.5 Å². The Morgan fingerprint density at radius 1 is 1.35 bits per heavy atom. The highest BCUT2D eigenvalue weighted by Crippen LogP contribution is 2.32. The van der Waals surface area contributed by atoms with E-state index in [0.717, 1.165) is 30.6 Å². The van der Waals surface area contributed by atoms with Crippen LogP contribution in [0.25, 0.3) is 0 Å². The maximum atomic E-state index is 13.0. The maximum absolute atomic E-state index is 13.0. The van der Waals surface area contributed by atoms with Crippen LogP contribution in [0.5, 0.6) is 0 Å². The molecule has 0 aliphatic carbocycles. The molecule has 0 spiro atoms. The number of nitrogens with one attached hydrogen (secondary N) is 1. The minimum atomic E-state index is -1.05. The summed E-state index contributed by atoms with van der Waals surface area (Å²) in [4.78, 5) is 39.2. The molecule has 10 heteroatoms. The van der Waals surface area contributed by atoms with E-state index in [0.29, 0.717) is 25.3 Å². The summed E-state index contributed by atoms with van der Waals surface area (Å²) in [6.07, 6.45) is 4.46. The van der Waals surface area contributed by atoms with Crippen LogP contribution < -0.4 is 11.1 Å². The Morgan fingerprint density at radius 2 is 2.13 bits per heavy atom. The Kier molecular flexibility index (Phi) is 11.3. The number of rotatable bonds is 13. The molecule has 1 aliphatic rings. The fourth-order valence-corrected chi connectivity index (χ4v) is 5.75. The third-order valence-electron chi connectivity index (χ3n) is 5.08. The molecule has 0 saturated carbocycles. The van der Waals surface area contributed by atoms with Crippen molar-refractivity contribution < 1.29 is 24.2 Å². The van der Waals surface area contributed by atoms with Crippen LogP contribution in [0, 0.1) is 0 Å². The van der Waals surface area contributed by atoms with Crippen LogP contribution in [0.2, 0.25) is 0 Å². The Bertz CT molecular complexity index is 701. The first-order valence-electron chi connectivity index (χ1n) is 10.7. The second-order valence-electron chi connectivity index (χ2n) is 7.47. The van der Waals surface area contributed by atoms with Crippen molar-refractivity contribution in [3.8, 4) is 0 Å². The summed E-state index contributed by atoms with van der Waals surface area (Å²) in [6.45, 7) is 2.60. The van der Waals surface area contributed by atoms with Crippen molar-refractivity contribution in [2.45, 2.75) is 56.4 Å². The fraction of sp³-hybridized carbons (Fsp3) is 0.667. The zero-order valence-electron chi connectivity index (χ0n) is 18.0. The minimum absolute atomic E-state index is 0.184. The van der Waals surface area contributed by atoms with Gasteiger partial charge in [0.15, 0.2) is 0 Å². The highest BCUT2D eigenvalue weighted by molar-refractivity contribution is 8.00. The Labute approximate surface area is 191 Å². The van der Waals surface area contributed by atoms with Crippen LogP contribution in [0.3, 0.4) is 0 Å². The van der Waals surface area contributed by atoms with E-state index >= 15 is 0 Å². The molecule has 31 heavy (non-hydrogen) atoms. The number of carbonyl (C=O) groups is 3. The predicted molar refractivity (Wildman–Crippen MR) is 123 cm³/mol. The number of aliphatic carboxylic acids is 1. The van der Waals surface area contributed by atoms with Crippen molar-refractivity contribution in [1.29, 1.82) is 0 Å². The molecule has 1 aromatic heterocycles. The number of amides is 1. The fourth-order valence-electron chi connectivity index (χ4n) is 3.53. The molecule has 1 aliphatic heterocycles. The predicted octanol–water partition coefficient (Wildman–Crippen LogP) is 2.25. The first-order valence-corrected chi connectivity index (χ1v) is 12.7. The molecular formula is C21H33N3O5S2. The summed E-state index contributed by atoms with van der Waals surface area (Å²) in [6, 6.07) is 3.31. The van der Waals surface area contributed by atoms with Gasteiger partial charge in [-0.15, -0.1) is 23.1 Å². The smallest absolute Gasteiger partial charge is 0.323 e. The summed E-state index contributed by atoms with van der Waals surface area (Å²) in [7, 11) is 0. The number of carbonyl (C=O) groups excluding carboxylic acids is 2. The molecule has 3 atom stereocenters. The Hall–Kier alpha value is -1.62. The number of esters is 1. The van der Waals surface area contributed by atoms with Crippen LogP contribution in [-0.2, 0) is 19.1 Å². The standard InChI is InChI=1S/C21H33N3O5S2/c1-2-29-21(28)16(8-5-3-4-6-10-22)23-18-12-24(13-19(25)26)20(27)15(14-31-18)17-9-7-11-30-17/h7,9,11,15-16,18,23H,2-6,8,10,12-14,22H2,1H3,(H,25,26)/t15-,16+,18+/m1/s1. The van der Waals surface area contributed by atoms with Crippen LogP contribution in [0.1, 0.15) is 49.8 Å². The lowest BCUT2D eigenvalue weighted by molar-refractivity contribution is -0.146. The van der Waals surface area contributed by atoms with E-state index in [1.807, 2.05) is 17.5 Å². The van der Waals surface area contributed by atoms with E-state index in [9.17, 15) is 19.5 Å². The molecule has 1 aromatic rings.